The van der Waals surface area contributed by atoms with Gasteiger partial charge in [-0.05, 0) is 24.3 Å². The van der Waals surface area contributed by atoms with Crippen LogP contribution in [0.3, 0.4) is 0 Å². The van der Waals surface area contributed by atoms with Crippen LogP contribution in [0, 0.1) is 0 Å². The highest BCUT2D eigenvalue weighted by atomic mass is 19.4. The average Bonchev–Trinajstić information content (AvgIpc) is 3.17. The molecule has 1 atom stereocenters. The van der Waals surface area contributed by atoms with E-state index in [0.29, 0.717) is 5.56 Å². The Balaban J connectivity index is 1.84. The standard InChI is InChI=1S/C23H22F3N5O4/c1-3-14(27)20-19(22(33)31-10-8-17(32)28-9-11-31)30-21(35-20)13-4-6-15(34-2)18-12(13)5-7-16(29-18)23(24,25)26/h3-7,14H,1,8-11,27H2,2H3,(H,28,32)/t14-/m0/s1. The summed E-state index contributed by atoms with van der Waals surface area (Å²) in [6.07, 6.45) is -3.14. The number of nitrogens with zero attached hydrogens (tertiary/aromatic N) is 3. The molecule has 3 aromatic rings. The zero-order valence-corrected chi connectivity index (χ0v) is 18.7. The van der Waals surface area contributed by atoms with Crippen molar-refractivity contribution < 1.29 is 31.9 Å². The van der Waals surface area contributed by atoms with Gasteiger partial charge in [-0.25, -0.2) is 9.97 Å². The SMILES string of the molecule is C=C[C@H](N)c1oc(-c2ccc(OC)c3nc(C(F)(F)F)ccc23)nc1C(=O)N1CCNC(=O)CC1. The summed E-state index contributed by atoms with van der Waals surface area (Å²) < 4.78 is 50.8. The van der Waals surface area contributed by atoms with Gasteiger partial charge in [0.25, 0.3) is 5.91 Å². The van der Waals surface area contributed by atoms with Crippen LogP contribution in [-0.2, 0) is 11.0 Å². The molecule has 1 fully saturated rings. The van der Waals surface area contributed by atoms with Gasteiger partial charge in [-0.2, -0.15) is 13.2 Å². The van der Waals surface area contributed by atoms with E-state index in [1.54, 1.807) is 6.07 Å². The van der Waals surface area contributed by atoms with Gasteiger partial charge in [0.15, 0.2) is 11.5 Å². The Bertz CT molecular complexity index is 1300. The Morgan fingerprint density at radius 2 is 2.06 bits per heavy atom. The number of methoxy groups -OCH3 is 1. The van der Waals surface area contributed by atoms with Crippen molar-refractivity contribution in [3.05, 3.63) is 54.1 Å². The molecule has 1 aliphatic heterocycles. The molecule has 2 amide bonds. The Morgan fingerprint density at radius 1 is 1.29 bits per heavy atom. The van der Waals surface area contributed by atoms with E-state index in [2.05, 4.69) is 21.9 Å². The Morgan fingerprint density at radius 3 is 2.74 bits per heavy atom. The molecular formula is C23H22F3N5O4. The number of aromatic nitrogens is 2. The van der Waals surface area contributed by atoms with Crippen molar-refractivity contribution in [2.45, 2.75) is 18.6 Å². The van der Waals surface area contributed by atoms with Crippen molar-refractivity contribution in [1.82, 2.24) is 20.2 Å². The largest absolute Gasteiger partial charge is 0.494 e. The number of ether oxygens (including phenoxy) is 1. The molecule has 12 heteroatoms. The number of halogens is 3. The van der Waals surface area contributed by atoms with Crippen molar-refractivity contribution in [3.63, 3.8) is 0 Å². The zero-order chi connectivity index (χ0) is 25.3. The van der Waals surface area contributed by atoms with Gasteiger partial charge in [-0.15, -0.1) is 6.58 Å². The second-order valence-corrected chi connectivity index (χ2v) is 7.79. The monoisotopic (exact) mass is 489 g/mol. The molecule has 2 aromatic heterocycles. The van der Waals surface area contributed by atoms with Gasteiger partial charge in [-0.3, -0.25) is 9.59 Å². The third kappa shape index (κ3) is 4.69. The van der Waals surface area contributed by atoms with Gasteiger partial charge in [-0.1, -0.05) is 6.08 Å². The predicted octanol–water partition coefficient (Wildman–Crippen LogP) is 3.07. The summed E-state index contributed by atoms with van der Waals surface area (Å²) in [6, 6.07) is 4.21. The van der Waals surface area contributed by atoms with Crippen molar-refractivity contribution in [1.29, 1.82) is 0 Å². The summed E-state index contributed by atoms with van der Waals surface area (Å²) in [6.45, 7) is 4.38. The van der Waals surface area contributed by atoms with Gasteiger partial charge in [0.1, 0.15) is 17.0 Å². The molecule has 1 saturated heterocycles. The van der Waals surface area contributed by atoms with E-state index in [9.17, 15) is 22.8 Å². The van der Waals surface area contributed by atoms with E-state index in [-0.39, 0.29) is 66.0 Å². The predicted molar refractivity (Wildman–Crippen MR) is 119 cm³/mol. The molecule has 0 aliphatic carbocycles. The van der Waals surface area contributed by atoms with E-state index < -0.39 is 23.8 Å². The van der Waals surface area contributed by atoms with E-state index in [4.69, 9.17) is 14.9 Å². The van der Waals surface area contributed by atoms with Crippen molar-refractivity contribution >= 4 is 22.7 Å². The van der Waals surface area contributed by atoms with Gasteiger partial charge >= 0.3 is 6.18 Å². The van der Waals surface area contributed by atoms with Crippen molar-refractivity contribution in [2.24, 2.45) is 5.73 Å². The highest BCUT2D eigenvalue weighted by molar-refractivity contribution is 5.98. The fourth-order valence-electron chi connectivity index (χ4n) is 3.75. The fraction of sp³-hybridized carbons (Fsp3) is 0.304. The molecule has 0 unspecified atom stereocenters. The first-order valence-electron chi connectivity index (χ1n) is 10.6. The van der Waals surface area contributed by atoms with Crippen LogP contribution in [0.15, 0.2) is 41.3 Å². The van der Waals surface area contributed by atoms with E-state index >= 15 is 0 Å². The highest BCUT2D eigenvalue weighted by Crippen LogP contribution is 2.37. The smallest absolute Gasteiger partial charge is 0.433 e. The average molecular weight is 489 g/mol. The van der Waals surface area contributed by atoms with Crippen LogP contribution in [0.4, 0.5) is 13.2 Å². The molecule has 9 nitrogen and oxygen atoms in total. The van der Waals surface area contributed by atoms with Crippen LogP contribution in [0.25, 0.3) is 22.4 Å². The summed E-state index contributed by atoms with van der Waals surface area (Å²) in [5, 5.41) is 2.97. The topological polar surface area (TPSA) is 124 Å². The molecule has 35 heavy (non-hydrogen) atoms. The third-order valence-electron chi connectivity index (χ3n) is 5.57. The first-order chi connectivity index (χ1) is 16.6. The maximum atomic E-state index is 13.3. The molecule has 0 radical (unpaired) electrons. The van der Waals surface area contributed by atoms with Crippen molar-refractivity contribution in [3.8, 4) is 17.2 Å². The minimum atomic E-state index is -4.65. The number of amides is 2. The number of rotatable bonds is 5. The van der Waals surface area contributed by atoms with Gasteiger partial charge in [0.05, 0.1) is 13.2 Å². The molecule has 3 heterocycles. The quantitative estimate of drug-likeness (QED) is 0.528. The normalized spacial score (nSPS) is 15.5. The number of nitrogens with one attached hydrogen (secondary N) is 1. The number of fused-ring (bicyclic) bond motifs is 1. The summed E-state index contributed by atoms with van der Waals surface area (Å²) in [7, 11) is 1.32. The van der Waals surface area contributed by atoms with E-state index in [1.165, 1.54) is 30.2 Å². The molecular weight excluding hydrogens is 467 g/mol. The van der Waals surface area contributed by atoms with Gasteiger partial charge < -0.3 is 25.1 Å². The van der Waals surface area contributed by atoms with Crippen LogP contribution < -0.4 is 15.8 Å². The first-order valence-corrected chi connectivity index (χ1v) is 10.6. The lowest BCUT2D eigenvalue weighted by Gasteiger charge is -2.18. The Hall–Kier alpha value is -3.93. The third-order valence-corrected chi connectivity index (χ3v) is 5.57. The number of hydrogen-bond acceptors (Lipinski definition) is 7. The molecule has 1 aliphatic rings. The van der Waals surface area contributed by atoms with Gasteiger partial charge in [0.2, 0.25) is 11.8 Å². The number of nitrogens with two attached hydrogens (primary N) is 1. The summed E-state index contributed by atoms with van der Waals surface area (Å²) in [5.74, 6) is -0.507. The van der Waals surface area contributed by atoms with E-state index in [1.807, 2.05) is 0 Å². The summed E-state index contributed by atoms with van der Waals surface area (Å²) >= 11 is 0. The van der Waals surface area contributed by atoms with E-state index in [0.717, 1.165) is 6.07 Å². The molecule has 0 bridgehead atoms. The van der Waals surface area contributed by atoms with Crippen LogP contribution in [-0.4, -0.2) is 53.4 Å². The lowest BCUT2D eigenvalue weighted by atomic mass is 10.1. The second-order valence-electron chi connectivity index (χ2n) is 7.79. The highest BCUT2D eigenvalue weighted by Gasteiger charge is 2.34. The second kappa shape index (κ2) is 9.37. The summed E-state index contributed by atoms with van der Waals surface area (Å²) in [5.41, 5.74) is 5.19. The molecule has 4 rings (SSSR count). The minimum Gasteiger partial charge on any atom is -0.494 e. The maximum absolute atomic E-state index is 13.3. The van der Waals surface area contributed by atoms with Crippen LogP contribution in [0.1, 0.15) is 34.4 Å². The molecule has 1 aromatic carbocycles. The minimum absolute atomic E-state index is 0.0288. The maximum Gasteiger partial charge on any atom is 0.433 e. The lowest BCUT2D eigenvalue weighted by molar-refractivity contribution is -0.141. The molecule has 0 saturated carbocycles. The number of carbonyl (C=O) groups excluding carboxylic acids is 2. The number of hydrogen-bond donors (Lipinski definition) is 2. The lowest BCUT2D eigenvalue weighted by Crippen LogP contribution is -2.35. The number of alkyl halides is 3. The first kappa shape index (κ1) is 24.2. The molecule has 184 valence electrons. The Labute approximate surface area is 197 Å². The number of oxazole rings is 1. The zero-order valence-electron chi connectivity index (χ0n) is 18.7. The van der Waals surface area contributed by atoms with Crippen LogP contribution in [0.5, 0.6) is 5.75 Å². The molecule has 0 spiro atoms. The fourth-order valence-corrected chi connectivity index (χ4v) is 3.75. The summed E-state index contributed by atoms with van der Waals surface area (Å²) in [4.78, 5) is 34.5. The number of pyridine rings is 1. The number of carbonyl (C=O) groups is 2. The van der Waals surface area contributed by atoms with Crippen LogP contribution >= 0.6 is 0 Å². The van der Waals surface area contributed by atoms with Gasteiger partial charge in [0, 0.05) is 37.0 Å². The van der Waals surface area contributed by atoms with Crippen LogP contribution in [0.2, 0.25) is 0 Å². The Kier molecular flexibility index (Phi) is 6.48. The number of benzene rings is 1. The van der Waals surface area contributed by atoms with Crippen molar-refractivity contribution in [2.75, 3.05) is 26.7 Å². The molecule has 3 N–H and O–H groups in total.